The minimum absolute atomic E-state index is 0.117. The molecule has 2 heteroatoms. The van der Waals surface area contributed by atoms with Gasteiger partial charge < -0.3 is 4.74 Å². The number of Topliss-reactive ketones (excluding diaryl/α,β-unsaturated/α-hetero) is 1. The fraction of sp³-hybridized carbons (Fsp3) is 0.588. The summed E-state index contributed by atoms with van der Waals surface area (Å²) in [4.78, 5) is 12.2. The van der Waals surface area contributed by atoms with E-state index in [1.54, 1.807) is 0 Å². The highest BCUT2D eigenvalue weighted by Gasteiger charge is 2.17. The lowest BCUT2D eigenvalue weighted by Gasteiger charge is -2.21. The molecule has 0 amide bonds. The second-order valence-electron chi connectivity index (χ2n) is 5.75. The monoisotopic (exact) mass is 260 g/mol. The summed E-state index contributed by atoms with van der Waals surface area (Å²) in [6.07, 6.45) is 6.30. The Morgan fingerprint density at radius 1 is 1.05 bits per heavy atom. The number of hydrogen-bond acceptors (Lipinski definition) is 2. The predicted octanol–water partition coefficient (Wildman–Crippen LogP) is 4.14. The molecule has 0 N–H and O–H groups in total. The molecule has 0 bridgehead atoms. The summed E-state index contributed by atoms with van der Waals surface area (Å²) in [6.45, 7) is 6.36. The van der Waals surface area contributed by atoms with Crippen molar-refractivity contribution in [3.05, 3.63) is 34.4 Å². The van der Waals surface area contributed by atoms with Crippen LogP contribution in [0.4, 0.5) is 0 Å². The molecule has 1 aromatic rings. The molecule has 104 valence electrons. The Kier molecular flexibility index (Phi) is 4.76. The van der Waals surface area contributed by atoms with Crippen LogP contribution >= 0.6 is 0 Å². The summed E-state index contributed by atoms with van der Waals surface area (Å²) in [6, 6.07) is 4.08. The van der Waals surface area contributed by atoms with Crippen LogP contribution in [-0.4, -0.2) is 18.5 Å². The molecule has 2 rings (SSSR count). The summed E-state index contributed by atoms with van der Waals surface area (Å²) in [5, 5.41) is 0. The molecule has 0 spiro atoms. The second-order valence-corrected chi connectivity index (χ2v) is 5.75. The van der Waals surface area contributed by atoms with Crippen molar-refractivity contribution in [1.29, 1.82) is 0 Å². The van der Waals surface area contributed by atoms with Crippen molar-refractivity contribution in [2.24, 2.45) is 0 Å². The van der Waals surface area contributed by atoms with Crippen molar-refractivity contribution in [2.45, 2.75) is 59.0 Å². The maximum atomic E-state index is 12.2. The van der Waals surface area contributed by atoms with Gasteiger partial charge in [0.2, 0.25) is 0 Å². The molecule has 1 aliphatic rings. The fourth-order valence-electron chi connectivity index (χ4n) is 2.76. The van der Waals surface area contributed by atoms with Gasteiger partial charge >= 0.3 is 0 Å². The summed E-state index contributed by atoms with van der Waals surface area (Å²) < 4.78 is 5.77. The van der Waals surface area contributed by atoms with Gasteiger partial charge in [0.15, 0.2) is 5.78 Å². The van der Waals surface area contributed by atoms with Crippen LogP contribution in [0, 0.1) is 20.8 Å². The van der Waals surface area contributed by atoms with Crippen molar-refractivity contribution in [1.82, 2.24) is 0 Å². The molecule has 1 saturated carbocycles. The normalized spacial score (nSPS) is 16.6. The van der Waals surface area contributed by atoms with Crippen LogP contribution < -0.4 is 0 Å². The molecule has 0 radical (unpaired) electrons. The van der Waals surface area contributed by atoms with E-state index in [0.29, 0.717) is 6.10 Å². The molecule has 19 heavy (non-hydrogen) atoms. The van der Waals surface area contributed by atoms with Crippen LogP contribution in [0.3, 0.4) is 0 Å². The quantitative estimate of drug-likeness (QED) is 0.760. The lowest BCUT2D eigenvalue weighted by atomic mass is 9.97. The van der Waals surface area contributed by atoms with Crippen LogP contribution in [0.15, 0.2) is 12.1 Å². The van der Waals surface area contributed by atoms with Crippen LogP contribution in [0.1, 0.15) is 59.2 Å². The number of ketones is 1. The molecular weight excluding hydrogens is 236 g/mol. The van der Waals surface area contributed by atoms with Crippen molar-refractivity contribution in [3.8, 4) is 0 Å². The summed E-state index contributed by atoms with van der Waals surface area (Å²) in [7, 11) is 0. The van der Waals surface area contributed by atoms with E-state index in [0.717, 1.165) is 24.0 Å². The zero-order chi connectivity index (χ0) is 13.8. The Labute approximate surface area is 116 Å². The number of ether oxygens (including phenoxy) is 1. The predicted molar refractivity (Wildman–Crippen MR) is 77.8 cm³/mol. The number of hydrogen-bond donors (Lipinski definition) is 0. The Morgan fingerprint density at radius 3 is 2.37 bits per heavy atom. The number of benzene rings is 1. The van der Waals surface area contributed by atoms with Gasteiger partial charge in [-0.3, -0.25) is 4.79 Å². The minimum Gasteiger partial charge on any atom is -0.370 e. The topological polar surface area (TPSA) is 26.3 Å². The second kappa shape index (κ2) is 6.33. The van der Waals surface area contributed by atoms with Crippen LogP contribution in [-0.2, 0) is 4.74 Å². The van der Waals surface area contributed by atoms with Crippen LogP contribution in [0.2, 0.25) is 0 Å². The number of aryl methyl sites for hydroxylation is 3. The Morgan fingerprint density at radius 2 is 1.68 bits per heavy atom. The Hall–Kier alpha value is -1.15. The van der Waals surface area contributed by atoms with E-state index in [2.05, 4.69) is 13.0 Å². The van der Waals surface area contributed by atoms with Crippen molar-refractivity contribution in [3.63, 3.8) is 0 Å². The first kappa shape index (κ1) is 14.3. The molecule has 0 heterocycles. The van der Waals surface area contributed by atoms with Crippen LogP contribution in [0.25, 0.3) is 0 Å². The smallest absolute Gasteiger partial charge is 0.188 e. The summed E-state index contributed by atoms with van der Waals surface area (Å²) >= 11 is 0. The third-order valence-electron chi connectivity index (χ3n) is 4.14. The van der Waals surface area contributed by atoms with E-state index in [-0.39, 0.29) is 12.4 Å². The Balaban J connectivity index is 1.97. The van der Waals surface area contributed by atoms with Crippen molar-refractivity contribution < 1.29 is 9.53 Å². The van der Waals surface area contributed by atoms with E-state index in [1.165, 1.54) is 30.4 Å². The van der Waals surface area contributed by atoms with Crippen molar-refractivity contribution >= 4 is 5.78 Å². The van der Waals surface area contributed by atoms with Gasteiger partial charge in [-0.2, -0.15) is 0 Å². The highest BCUT2D eigenvalue weighted by Crippen LogP contribution is 2.21. The largest absolute Gasteiger partial charge is 0.370 e. The van der Waals surface area contributed by atoms with E-state index < -0.39 is 0 Å². The average Bonchev–Trinajstić information content (AvgIpc) is 2.41. The van der Waals surface area contributed by atoms with E-state index in [1.807, 2.05) is 19.9 Å². The molecule has 0 aromatic heterocycles. The molecular formula is C17H24O2. The lowest BCUT2D eigenvalue weighted by molar-refractivity contribution is 0.0284. The van der Waals surface area contributed by atoms with E-state index in [4.69, 9.17) is 4.74 Å². The maximum Gasteiger partial charge on any atom is 0.188 e. The molecule has 0 aliphatic heterocycles. The van der Waals surface area contributed by atoms with E-state index >= 15 is 0 Å². The van der Waals surface area contributed by atoms with Gasteiger partial charge in [-0.15, -0.1) is 0 Å². The first-order valence-corrected chi connectivity index (χ1v) is 7.30. The zero-order valence-electron chi connectivity index (χ0n) is 12.3. The van der Waals surface area contributed by atoms with Gasteiger partial charge in [-0.05, 0) is 56.4 Å². The van der Waals surface area contributed by atoms with Crippen molar-refractivity contribution in [2.75, 3.05) is 6.61 Å². The fourth-order valence-corrected chi connectivity index (χ4v) is 2.76. The SMILES string of the molecule is Cc1cc(C)c(C(=O)COC2CCCCC2)cc1C. The molecule has 0 atom stereocenters. The average molecular weight is 260 g/mol. The standard InChI is InChI=1S/C17H24O2/c1-12-9-14(3)16(10-13(12)2)17(18)11-19-15-7-5-4-6-8-15/h9-10,15H,4-8,11H2,1-3H3. The minimum atomic E-state index is 0.117. The van der Waals surface area contributed by atoms with Gasteiger partial charge in [0.05, 0.1) is 6.10 Å². The number of carbonyl (C=O) groups is 1. The van der Waals surface area contributed by atoms with Gasteiger partial charge in [-0.25, -0.2) is 0 Å². The third kappa shape index (κ3) is 3.66. The molecule has 0 unspecified atom stereocenters. The van der Waals surface area contributed by atoms with E-state index in [9.17, 15) is 4.79 Å². The maximum absolute atomic E-state index is 12.2. The third-order valence-corrected chi connectivity index (χ3v) is 4.14. The number of carbonyl (C=O) groups excluding carboxylic acids is 1. The first-order chi connectivity index (χ1) is 9.08. The molecule has 1 fully saturated rings. The highest BCUT2D eigenvalue weighted by molar-refractivity contribution is 5.98. The zero-order valence-corrected chi connectivity index (χ0v) is 12.3. The molecule has 0 saturated heterocycles. The first-order valence-electron chi connectivity index (χ1n) is 7.30. The number of rotatable bonds is 4. The van der Waals surface area contributed by atoms with Gasteiger partial charge in [0, 0.05) is 5.56 Å². The summed E-state index contributed by atoms with van der Waals surface area (Å²) in [5.74, 6) is 0.117. The van der Waals surface area contributed by atoms with Gasteiger partial charge in [0.25, 0.3) is 0 Å². The molecule has 1 aromatic carbocycles. The highest BCUT2D eigenvalue weighted by atomic mass is 16.5. The van der Waals surface area contributed by atoms with Gasteiger partial charge in [0.1, 0.15) is 6.61 Å². The molecule has 1 aliphatic carbocycles. The summed E-state index contributed by atoms with van der Waals surface area (Å²) in [5.41, 5.74) is 4.29. The lowest BCUT2D eigenvalue weighted by Crippen LogP contribution is -2.21. The van der Waals surface area contributed by atoms with Crippen LogP contribution in [0.5, 0.6) is 0 Å². The Bertz CT molecular complexity index is 457. The van der Waals surface area contributed by atoms with Gasteiger partial charge in [-0.1, -0.05) is 25.3 Å². The molecule has 2 nitrogen and oxygen atoms in total.